The molecule has 0 saturated heterocycles. The van der Waals surface area contributed by atoms with E-state index in [0.29, 0.717) is 12.2 Å². The van der Waals surface area contributed by atoms with Crippen molar-refractivity contribution in [3.8, 4) is 5.75 Å². The van der Waals surface area contributed by atoms with Gasteiger partial charge in [-0.3, -0.25) is 4.79 Å². The van der Waals surface area contributed by atoms with E-state index in [4.69, 9.17) is 4.74 Å². The minimum Gasteiger partial charge on any atom is -0.490 e. The van der Waals surface area contributed by atoms with Crippen LogP contribution in [0.3, 0.4) is 0 Å². The van der Waals surface area contributed by atoms with Gasteiger partial charge in [-0.1, -0.05) is 18.2 Å². The first-order chi connectivity index (χ1) is 8.65. The van der Waals surface area contributed by atoms with Crippen molar-refractivity contribution in [3.63, 3.8) is 0 Å². The average Bonchev–Trinajstić information content (AvgIpc) is 2.34. The van der Waals surface area contributed by atoms with Crippen LogP contribution in [0.4, 0.5) is 0 Å². The van der Waals surface area contributed by atoms with Crippen molar-refractivity contribution in [2.45, 2.75) is 25.4 Å². The third-order valence-electron chi connectivity index (χ3n) is 3.35. The predicted molar refractivity (Wildman–Crippen MR) is 79.0 cm³/mol. The Morgan fingerprint density at radius 1 is 1.26 bits per heavy atom. The van der Waals surface area contributed by atoms with Crippen molar-refractivity contribution >= 4 is 18.2 Å². The monoisotopic (exact) mass is 283 g/mol. The molecular weight excluding hydrogens is 262 g/mol. The molecule has 1 aromatic rings. The lowest BCUT2D eigenvalue weighted by Crippen LogP contribution is -2.37. The van der Waals surface area contributed by atoms with Crippen LogP contribution in [-0.4, -0.2) is 37.4 Å². The first-order valence-electron chi connectivity index (χ1n) is 6.54. The lowest BCUT2D eigenvalue weighted by Gasteiger charge is -2.30. The molecule has 1 aromatic carbocycles. The van der Waals surface area contributed by atoms with Crippen molar-refractivity contribution in [2.24, 2.45) is 5.92 Å². The normalized spacial score (nSPS) is 23.0. The van der Waals surface area contributed by atoms with Gasteiger partial charge in [-0.15, -0.1) is 12.4 Å². The number of nitrogens with zero attached hydrogens (tertiary/aromatic N) is 1. The second kappa shape index (κ2) is 7.51. The Hall–Kier alpha value is -1.06. The standard InChI is InChI=1S/C15H21NO2.ClH/c1-16(2)11-12-10-14(8-9-15(12)17)18-13-6-4-3-5-7-13;/h3-7,12,14H,8-11H2,1-2H3;1H. The molecule has 2 atom stereocenters. The number of carbonyl (C=O) groups is 1. The van der Waals surface area contributed by atoms with Crippen LogP contribution in [0, 0.1) is 5.92 Å². The number of ketones is 1. The largest absolute Gasteiger partial charge is 0.490 e. The molecule has 4 heteroatoms. The number of rotatable bonds is 4. The van der Waals surface area contributed by atoms with Crippen molar-refractivity contribution in [3.05, 3.63) is 30.3 Å². The molecule has 1 aliphatic carbocycles. The molecule has 2 rings (SSSR count). The van der Waals surface area contributed by atoms with Crippen molar-refractivity contribution in [2.75, 3.05) is 20.6 Å². The van der Waals surface area contributed by atoms with E-state index >= 15 is 0 Å². The lowest BCUT2D eigenvalue weighted by molar-refractivity contribution is -0.127. The molecule has 0 heterocycles. The molecule has 1 fully saturated rings. The van der Waals surface area contributed by atoms with E-state index < -0.39 is 0 Å². The van der Waals surface area contributed by atoms with Gasteiger partial charge in [0, 0.05) is 18.9 Å². The molecule has 0 radical (unpaired) electrons. The number of ether oxygens (including phenoxy) is 1. The second-order valence-corrected chi connectivity index (χ2v) is 5.25. The summed E-state index contributed by atoms with van der Waals surface area (Å²) in [5.41, 5.74) is 0. The SMILES string of the molecule is CN(C)CC1CC(Oc2ccccc2)CCC1=O.Cl. The highest BCUT2D eigenvalue weighted by molar-refractivity contribution is 5.85. The van der Waals surface area contributed by atoms with Crippen LogP contribution in [0.5, 0.6) is 5.75 Å². The van der Waals surface area contributed by atoms with Gasteiger partial charge in [0.1, 0.15) is 11.5 Å². The summed E-state index contributed by atoms with van der Waals surface area (Å²) in [4.78, 5) is 13.9. The molecule has 0 bridgehead atoms. The van der Waals surface area contributed by atoms with Gasteiger partial charge in [-0.25, -0.2) is 0 Å². The van der Waals surface area contributed by atoms with Gasteiger partial charge < -0.3 is 9.64 Å². The molecule has 3 nitrogen and oxygen atoms in total. The molecular formula is C15H22ClNO2. The first kappa shape index (κ1) is 16.0. The van der Waals surface area contributed by atoms with Gasteiger partial charge in [0.15, 0.2) is 0 Å². The summed E-state index contributed by atoms with van der Waals surface area (Å²) in [6, 6.07) is 9.86. The number of para-hydroxylation sites is 1. The molecule has 0 aliphatic heterocycles. The van der Waals surface area contributed by atoms with E-state index in [0.717, 1.165) is 25.1 Å². The molecule has 0 aromatic heterocycles. The smallest absolute Gasteiger partial charge is 0.137 e. The quantitative estimate of drug-likeness (QED) is 0.851. The molecule has 0 N–H and O–H groups in total. The number of carbonyl (C=O) groups excluding carboxylic acids is 1. The summed E-state index contributed by atoms with van der Waals surface area (Å²) in [6.45, 7) is 0.827. The first-order valence-corrected chi connectivity index (χ1v) is 6.54. The van der Waals surface area contributed by atoms with E-state index in [1.54, 1.807) is 0 Å². The van der Waals surface area contributed by atoms with Crippen LogP contribution in [0.1, 0.15) is 19.3 Å². The van der Waals surface area contributed by atoms with E-state index in [1.807, 2.05) is 44.4 Å². The highest BCUT2D eigenvalue weighted by atomic mass is 35.5. The third-order valence-corrected chi connectivity index (χ3v) is 3.35. The van der Waals surface area contributed by atoms with Crippen LogP contribution < -0.4 is 4.74 Å². The zero-order valence-corrected chi connectivity index (χ0v) is 12.4. The van der Waals surface area contributed by atoms with Crippen LogP contribution in [0.25, 0.3) is 0 Å². The van der Waals surface area contributed by atoms with Crippen molar-refractivity contribution in [1.82, 2.24) is 4.90 Å². The Kier molecular flexibility index (Phi) is 6.32. The Balaban J connectivity index is 0.00000180. The third kappa shape index (κ3) is 4.84. The van der Waals surface area contributed by atoms with Gasteiger partial charge in [-0.05, 0) is 39.1 Å². The van der Waals surface area contributed by atoms with E-state index in [2.05, 4.69) is 4.90 Å². The summed E-state index contributed by atoms with van der Waals surface area (Å²) < 4.78 is 5.94. The van der Waals surface area contributed by atoms with Gasteiger partial charge in [0.2, 0.25) is 0 Å². The van der Waals surface area contributed by atoms with Gasteiger partial charge >= 0.3 is 0 Å². The van der Waals surface area contributed by atoms with Crippen LogP contribution >= 0.6 is 12.4 Å². The Labute approximate surface area is 121 Å². The van der Waals surface area contributed by atoms with Crippen LogP contribution in [-0.2, 0) is 4.79 Å². The number of hydrogen-bond acceptors (Lipinski definition) is 3. The maximum absolute atomic E-state index is 11.8. The van der Waals surface area contributed by atoms with Crippen LogP contribution in [0.2, 0.25) is 0 Å². The fourth-order valence-electron chi connectivity index (χ4n) is 2.49. The molecule has 1 saturated carbocycles. The Bertz CT molecular complexity index is 394. The number of halogens is 1. The zero-order valence-electron chi connectivity index (χ0n) is 11.5. The summed E-state index contributed by atoms with van der Waals surface area (Å²) in [6.07, 6.45) is 2.51. The topological polar surface area (TPSA) is 29.5 Å². The number of hydrogen-bond donors (Lipinski definition) is 0. The fourth-order valence-corrected chi connectivity index (χ4v) is 2.49. The number of Topliss-reactive ketones (excluding diaryl/α,β-unsaturated/α-hetero) is 1. The van der Waals surface area contributed by atoms with Gasteiger partial charge in [0.05, 0.1) is 6.10 Å². The maximum Gasteiger partial charge on any atom is 0.137 e. The molecule has 106 valence electrons. The summed E-state index contributed by atoms with van der Waals surface area (Å²) >= 11 is 0. The number of benzene rings is 1. The summed E-state index contributed by atoms with van der Waals surface area (Å²) in [7, 11) is 4.02. The minimum absolute atomic E-state index is 0. The average molecular weight is 284 g/mol. The predicted octanol–water partition coefficient (Wildman–Crippen LogP) is 2.79. The van der Waals surface area contributed by atoms with Crippen molar-refractivity contribution in [1.29, 1.82) is 0 Å². The Morgan fingerprint density at radius 2 is 1.95 bits per heavy atom. The van der Waals surface area contributed by atoms with E-state index in [9.17, 15) is 4.79 Å². The molecule has 1 aliphatic rings. The molecule has 0 amide bonds. The van der Waals surface area contributed by atoms with Gasteiger partial charge in [0.25, 0.3) is 0 Å². The lowest BCUT2D eigenvalue weighted by atomic mass is 9.85. The fraction of sp³-hybridized carbons (Fsp3) is 0.533. The highest BCUT2D eigenvalue weighted by Gasteiger charge is 2.30. The van der Waals surface area contributed by atoms with Crippen molar-refractivity contribution < 1.29 is 9.53 Å². The minimum atomic E-state index is 0. The second-order valence-electron chi connectivity index (χ2n) is 5.25. The van der Waals surface area contributed by atoms with E-state index in [1.165, 1.54) is 0 Å². The summed E-state index contributed by atoms with van der Waals surface area (Å²) in [5, 5.41) is 0. The summed E-state index contributed by atoms with van der Waals surface area (Å²) in [5.74, 6) is 1.42. The highest BCUT2D eigenvalue weighted by Crippen LogP contribution is 2.25. The molecule has 0 spiro atoms. The Morgan fingerprint density at radius 3 is 2.58 bits per heavy atom. The van der Waals surface area contributed by atoms with Gasteiger partial charge in [-0.2, -0.15) is 0 Å². The van der Waals surface area contributed by atoms with E-state index in [-0.39, 0.29) is 24.4 Å². The molecule has 2 unspecified atom stereocenters. The maximum atomic E-state index is 11.8. The zero-order chi connectivity index (χ0) is 13.0. The molecule has 19 heavy (non-hydrogen) atoms. The van der Waals surface area contributed by atoms with Crippen LogP contribution in [0.15, 0.2) is 30.3 Å².